The number of aliphatic imine (C=N–C) groups is 1. The highest BCUT2D eigenvalue weighted by Crippen LogP contribution is 2.22. The van der Waals surface area contributed by atoms with Crippen LogP contribution in [0.4, 0.5) is 0 Å². The molecule has 0 aliphatic rings. The number of nitrogens with zero attached hydrogens (tertiary/aromatic N) is 2. The molecule has 2 aromatic rings. The average Bonchev–Trinajstić information content (AvgIpc) is 2.61. The molecule has 0 aliphatic heterocycles. The number of hydrogen-bond acceptors (Lipinski definition) is 4. The van der Waals surface area contributed by atoms with Gasteiger partial charge in [-0.15, -0.1) is 0 Å². The number of sulfonamides is 1. The van der Waals surface area contributed by atoms with Gasteiger partial charge in [-0.05, 0) is 36.8 Å². The Morgan fingerprint density at radius 1 is 1.08 bits per heavy atom. The molecule has 0 aliphatic carbocycles. The molecule has 0 fully saturated rings. The lowest BCUT2D eigenvalue weighted by Gasteiger charge is -2.18. The predicted molar refractivity (Wildman–Crippen MR) is 101 cm³/mol. The third-order valence-corrected chi connectivity index (χ3v) is 6.14. The van der Waals surface area contributed by atoms with Crippen LogP contribution in [0.1, 0.15) is 37.9 Å². The first-order chi connectivity index (χ1) is 11.9. The average molecular weight is 360 g/mol. The van der Waals surface area contributed by atoms with Crippen LogP contribution >= 0.6 is 0 Å². The van der Waals surface area contributed by atoms with Crippen molar-refractivity contribution in [2.45, 2.75) is 31.7 Å². The molecule has 0 amide bonds. The summed E-state index contributed by atoms with van der Waals surface area (Å²) in [5.74, 6) is 0.180. The summed E-state index contributed by atoms with van der Waals surface area (Å²) in [6, 6.07) is 13.6. The fourth-order valence-corrected chi connectivity index (χ4v) is 3.96. The SMILES string of the molecule is CCN(CC)S(=O)(=O)c1ccc([C@H](C)N=Cc2ccccc2O)cc1. The Morgan fingerprint density at radius 3 is 2.24 bits per heavy atom. The Bertz CT molecular complexity index is 826. The first-order valence-electron chi connectivity index (χ1n) is 8.31. The number of aromatic hydroxyl groups is 1. The molecule has 0 bridgehead atoms. The molecule has 2 aromatic carbocycles. The van der Waals surface area contributed by atoms with Crippen LogP contribution in [-0.4, -0.2) is 37.1 Å². The molecule has 0 aromatic heterocycles. The minimum absolute atomic E-state index is 0.148. The van der Waals surface area contributed by atoms with Gasteiger partial charge in [0.25, 0.3) is 0 Å². The van der Waals surface area contributed by atoms with Crippen molar-refractivity contribution < 1.29 is 13.5 Å². The first-order valence-corrected chi connectivity index (χ1v) is 9.75. The largest absolute Gasteiger partial charge is 0.507 e. The first kappa shape index (κ1) is 19.1. The summed E-state index contributed by atoms with van der Waals surface area (Å²) in [6.45, 7) is 6.46. The van der Waals surface area contributed by atoms with E-state index >= 15 is 0 Å². The molecule has 5 nitrogen and oxygen atoms in total. The smallest absolute Gasteiger partial charge is 0.243 e. The van der Waals surface area contributed by atoms with Gasteiger partial charge in [-0.1, -0.05) is 38.1 Å². The summed E-state index contributed by atoms with van der Waals surface area (Å²) in [4.78, 5) is 4.73. The van der Waals surface area contributed by atoms with Gasteiger partial charge in [-0.2, -0.15) is 4.31 Å². The van der Waals surface area contributed by atoms with Gasteiger partial charge in [0, 0.05) is 24.9 Å². The monoisotopic (exact) mass is 360 g/mol. The van der Waals surface area contributed by atoms with Crippen molar-refractivity contribution in [3.63, 3.8) is 0 Å². The van der Waals surface area contributed by atoms with E-state index in [0.29, 0.717) is 18.7 Å². The highest BCUT2D eigenvalue weighted by Gasteiger charge is 2.21. The molecule has 6 heteroatoms. The summed E-state index contributed by atoms with van der Waals surface area (Å²) in [5, 5.41) is 9.76. The van der Waals surface area contributed by atoms with E-state index in [0.717, 1.165) is 5.56 Å². The van der Waals surface area contributed by atoms with Gasteiger partial charge in [0.1, 0.15) is 5.75 Å². The van der Waals surface area contributed by atoms with Gasteiger partial charge in [0.05, 0.1) is 10.9 Å². The van der Waals surface area contributed by atoms with Gasteiger partial charge in [0.15, 0.2) is 0 Å². The van der Waals surface area contributed by atoms with Crippen LogP contribution in [0.15, 0.2) is 58.4 Å². The number of para-hydroxylation sites is 1. The quantitative estimate of drug-likeness (QED) is 0.767. The Balaban J connectivity index is 2.18. The molecule has 0 saturated heterocycles. The molecule has 0 saturated carbocycles. The van der Waals surface area contributed by atoms with Crippen LogP contribution in [0.2, 0.25) is 0 Å². The summed E-state index contributed by atoms with van der Waals surface area (Å²) in [6.07, 6.45) is 1.63. The lowest BCUT2D eigenvalue weighted by atomic mass is 10.1. The highest BCUT2D eigenvalue weighted by molar-refractivity contribution is 7.89. The molecular weight excluding hydrogens is 336 g/mol. The molecule has 25 heavy (non-hydrogen) atoms. The number of hydrogen-bond donors (Lipinski definition) is 1. The third-order valence-electron chi connectivity index (χ3n) is 4.08. The van der Waals surface area contributed by atoms with Crippen molar-refractivity contribution in [1.82, 2.24) is 4.31 Å². The minimum atomic E-state index is -3.44. The number of phenols is 1. The molecule has 0 spiro atoms. The van der Waals surface area contributed by atoms with Crippen LogP contribution in [0.3, 0.4) is 0 Å². The van der Waals surface area contributed by atoms with Crippen LogP contribution in [0, 0.1) is 0 Å². The standard InChI is InChI=1S/C19H24N2O3S/c1-4-21(5-2)25(23,24)18-12-10-16(11-13-18)15(3)20-14-17-8-6-7-9-19(17)22/h6-15,22H,4-5H2,1-3H3/t15-/m0/s1. The van der Waals surface area contributed by atoms with E-state index < -0.39 is 10.0 Å². The van der Waals surface area contributed by atoms with E-state index in [2.05, 4.69) is 4.99 Å². The van der Waals surface area contributed by atoms with Crippen LogP contribution < -0.4 is 0 Å². The summed E-state index contributed by atoms with van der Waals surface area (Å²) < 4.78 is 26.4. The zero-order valence-corrected chi connectivity index (χ0v) is 15.6. The van der Waals surface area contributed by atoms with Crippen molar-refractivity contribution in [1.29, 1.82) is 0 Å². The van der Waals surface area contributed by atoms with Gasteiger partial charge in [0.2, 0.25) is 10.0 Å². The van der Waals surface area contributed by atoms with Crippen molar-refractivity contribution >= 4 is 16.2 Å². The Labute approximate surface area is 149 Å². The van der Waals surface area contributed by atoms with Gasteiger partial charge in [-0.25, -0.2) is 8.42 Å². The molecular formula is C19H24N2O3S. The Morgan fingerprint density at radius 2 is 1.68 bits per heavy atom. The predicted octanol–water partition coefficient (Wildman–Crippen LogP) is 3.60. The number of phenolic OH excluding ortho intramolecular Hbond substituents is 1. The minimum Gasteiger partial charge on any atom is -0.507 e. The van der Waals surface area contributed by atoms with E-state index in [1.54, 1.807) is 48.7 Å². The molecule has 1 N–H and O–H groups in total. The fourth-order valence-electron chi connectivity index (χ4n) is 2.51. The molecule has 0 unspecified atom stereocenters. The van der Waals surface area contributed by atoms with Gasteiger partial charge in [-0.3, -0.25) is 4.99 Å². The molecule has 2 rings (SSSR count). The maximum absolute atomic E-state index is 12.5. The molecule has 134 valence electrons. The summed E-state index contributed by atoms with van der Waals surface area (Å²) in [5.41, 5.74) is 1.56. The van der Waals surface area contributed by atoms with Gasteiger partial charge < -0.3 is 5.11 Å². The van der Waals surface area contributed by atoms with Crippen LogP contribution in [0.25, 0.3) is 0 Å². The lowest BCUT2D eigenvalue weighted by molar-refractivity contribution is 0.445. The molecule has 0 heterocycles. The molecule has 0 radical (unpaired) electrons. The van der Waals surface area contributed by atoms with E-state index in [1.807, 2.05) is 26.8 Å². The number of rotatable bonds is 7. The van der Waals surface area contributed by atoms with Crippen molar-refractivity contribution in [2.75, 3.05) is 13.1 Å². The summed E-state index contributed by atoms with van der Waals surface area (Å²) in [7, 11) is -3.44. The maximum atomic E-state index is 12.5. The Kier molecular flexibility index (Phi) is 6.33. The zero-order chi connectivity index (χ0) is 18.4. The van der Waals surface area contributed by atoms with Crippen molar-refractivity contribution in [3.8, 4) is 5.75 Å². The van der Waals surface area contributed by atoms with Crippen molar-refractivity contribution in [3.05, 3.63) is 59.7 Å². The van der Waals surface area contributed by atoms with E-state index in [1.165, 1.54) is 4.31 Å². The maximum Gasteiger partial charge on any atom is 0.243 e. The van der Waals surface area contributed by atoms with E-state index in [9.17, 15) is 13.5 Å². The second-order valence-electron chi connectivity index (χ2n) is 5.67. The van der Waals surface area contributed by atoms with Crippen LogP contribution in [-0.2, 0) is 10.0 Å². The van der Waals surface area contributed by atoms with E-state index in [-0.39, 0.29) is 16.7 Å². The fraction of sp³-hybridized carbons (Fsp3) is 0.316. The molecule has 1 atom stereocenters. The zero-order valence-electron chi connectivity index (χ0n) is 14.8. The topological polar surface area (TPSA) is 70.0 Å². The van der Waals surface area contributed by atoms with Gasteiger partial charge >= 0.3 is 0 Å². The number of benzene rings is 2. The van der Waals surface area contributed by atoms with Crippen LogP contribution in [0.5, 0.6) is 5.75 Å². The summed E-state index contributed by atoms with van der Waals surface area (Å²) >= 11 is 0. The lowest BCUT2D eigenvalue weighted by Crippen LogP contribution is -2.30. The second-order valence-corrected chi connectivity index (χ2v) is 7.61. The Hall–Kier alpha value is -2.18. The van der Waals surface area contributed by atoms with E-state index in [4.69, 9.17) is 0 Å². The van der Waals surface area contributed by atoms with Crippen molar-refractivity contribution in [2.24, 2.45) is 4.99 Å². The second kappa shape index (κ2) is 8.27. The normalized spacial score (nSPS) is 13.4. The third kappa shape index (κ3) is 4.46. The highest BCUT2D eigenvalue weighted by atomic mass is 32.2.